The van der Waals surface area contributed by atoms with E-state index < -0.39 is 0 Å². The van der Waals surface area contributed by atoms with Crippen molar-refractivity contribution in [2.45, 2.75) is 38.6 Å². The minimum atomic E-state index is -0.296. The van der Waals surface area contributed by atoms with Gasteiger partial charge in [0.15, 0.2) is 5.79 Å². The van der Waals surface area contributed by atoms with E-state index in [1.807, 2.05) is 0 Å². The van der Waals surface area contributed by atoms with Crippen molar-refractivity contribution >= 4 is 0 Å². The molecule has 2 aliphatic heterocycles. The highest BCUT2D eigenvalue weighted by atomic mass is 16.7. The summed E-state index contributed by atoms with van der Waals surface area (Å²) in [5.41, 5.74) is 0. The van der Waals surface area contributed by atoms with E-state index in [0.717, 1.165) is 52.3 Å². The van der Waals surface area contributed by atoms with Gasteiger partial charge in [0.2, 0.25) is 0 Å². The van der Waals surface area contributed by atoms with Crippen LogP contribution in [0.25, 0.3) is 0 Å². The lowest BCUT2D eigenvalue weighted by Gasteiger charge is -2.38. The minimum Gasteiger partial charge on any atom is -0.377 e. The lowest BCUT2D eigenvalue weighted by molar-refractivity contribution is -0.190. The number of likely N-dealkylation sites (tertiary alicyclic amines) is 1. The Labute approximate surface area is 97.8 Å². The molecule has 1 spiro atoms. The standard InChI is InChI=1S/C12H23NO3/c1-11(2)14-7-6-13-5-3-4-12(10-13)15-8-9-16-12/h11H,3-10H2,1-2H3. The zero-order valence-corrected chi connectivity index (χ0v) is 10.4. The Kier molecular flexibility index (Phi) is 4.19. The molecule has 94 valence electrons. The second-order valence-electron chi connectivity index (χ2n) is 4.91. The summed E-state index contributed by atoms with van der Waals surface area (Å²) in [5, 5.41) is 0. The van der Waals surface area contributed by atoms with Crippen LogP contribution in [0.15, 0.2) is 0 Å². The third kappa shape index (κ3) is 3.17. The number of piperidine rings is 1. The largest absolute Gasteiger partial charge is 0.377 e. The number of nitrogens with zero attached hydrogens (tertiary/aromatic N) is 1. The molecular weight excluding hydrogens is 206 g/mol. The van der Waals surface area contributed by atoms with Gasteiger partial charge in [0.25, 0.3) is 0 Å². The summed E-state index contributed by atoms with van der Waals surface area (Å²) >= 11 is 0. The van der Waals surface area contributed by atoms with E-state index >= 15 is 0 Å². The lowest BCUT2D eigenvalue weighted by atomic mass is 10.0. The van der Waals surface area contributed by atoms with Crippen molar-refractivity contribution in [3.8, 4) is 0 Å². The number of ether oxygens (including phenoxy) is 3. The lowest BCUT2D eigenvalue weighted by Crippen LogP contribution is -2.49. The third-order valence-corrected chi connectivity index (χ3v) is 3.17. The summed E-state index contributed by atoms with van der Waals surface area (Å²) in [4.78, 5) is 2.39. The zero-order valence-electron chi connectivity index (χ0n) is 10.4. The van der Waals surface area contributed by atoms with Gasteiger partial charge < -0.3 is 14.2 Å². The van der Waals surface area contributed by atoms with Crippen molar-refractivity contribution in [2.75, 3.05) is 39.5 Å². The van der Waals surface area contributed by atoms with Crippen molar-refractivity contribution < 1.29 is 14.2 Å². The molecular formula is C12H23NO3. The molecule has 0 atom stereocenters. The maximum absolute atomic E-state index is 5.73. The van der Waals surface area contributed by atoms with Crippen LogP contribution in [0.2, 0.25) is 0 Å². The van der Waals surface area contributed by atoms with Gasteiger partial charge in [-0.15, -0.1) is 0 Å². The molecule has 4 nitrogen and oxygen atoms in total. The fourth-order valence-electron chi connectivity index (χ4n) is 2.41. The molecule has 0 saturated carbocycles. The van der Waals surface area contributed by atoms with Crippen LogP contribution in [-0.2, 0) is 14.2 Å². The molecule has 0 aliphatic carbocycles. The van der Waals surface area contributed by atoms with Gasteiger partial charge in [-0.3, -0.25) is 4.90 Å². The molecule has 0 bridgehead atoms. The van der Waals surface area contributed by atoms with Crippen molar-refractivity contribution in [3.63, 3.8) is 0 Å². The van der Waals surface area contributed by atoms with Crippen LogP contribution in [0.3, 0.4) is 0 Å². The van der Waals surface area contributed by atoms with Crippen LogP contribution < -0.4 is 0 Å². The normalized spacial score (nSPS) is 25.7. The molecule has 0 N–H and O–H groups in total. The molecule has 0 aromatic carbocycles. The summed E-state index contributed by atoms with van der Waals surface area (Å²) in [7, 11) is 0. The van der Waals surface area contributed by atoms with Crippen LogP contribution in [0.4, 0.5) is 0 Å². The molecule has 0 amide bonds. The molecule has 2 saturated heterocycles. The molecule has 0 radical (unpaired) electrons. The van der Waals surface area contributed by atoms with E-state index in [4.69, 9.17) is 14.2 Å². The highest BCUT2D eigenvalue weighted by Crippen LogP contribution is 2.29. The topological polar surface area (TPSA) is 30.9 Å². The smallest absolute Gasteiger partial charge is 0.181 e. The second kappa shape index (κ2) is 5.45. The highest BCUT2D eigenvalue weighted by Gasteiger charge is 2.40. The first-order chi connectivity index (χ1) is 7.70. The van der Waals surface area contributed by atoms with Crippen LogP contribution in [0.1, 0.15) is 26.7 Å². The SMILES string of the molecule is CC(C)OCCN1CCCC2(C1)OCCO2. The van der Waals surface area contributed by atoms with Crippen LogP contribution >= 0.6 is 0 Å². The molecule has 0 aromatic rings. The molecule has 2 rings (SSSR count). The van der Waals surface area contributed by atoms with Crippen molar-refractivity contribution in [2.24, 2.45) is 0 Å². The van der Waals surface area contributed by atoms with Gasteiger partial charge >= 0.3 is 0 Å². The van der Waals surface area contributed by atoms with Gasteiger partial charge in [0.1, 0.15) is 0 Å². The van der Waals surface area contributed by atoms with E-state index in [9.17, 15) is 0 Å². The Balaban J connectivity index is 1.74. The molecule has 2 heterocycles. The third-order valence-electron chi connectivity index (χ3n) is 3.17. The van der Waals surface area contributed by atoms with Crippen molar-refractivity contribution in [1.29, 1.82) is 0 Å². The predicted molar refractivity (Wildman–Crippen MR) is 61.4 cm³/mol. The molecule has 2 fully saturated rings. The number of hydrogen-bond acceptors (Lipinski definition) is 4. The van der Waals surface area contributed by atoms with Crippen molar-refractivity contribution in [1.82, 2.24) is 4.90 Å². The van der Waals surface area contributed by atoms with Crippen LogP contribution in [0, 0.1) is 0 Å². The average molecular weight is 229 g/mol. The quantitative estimate of drug-likeness (QED) is 0.726. The van der Waals surface area contributed by atoms with Crippen molar-refractivity contribution in [3.05, 3.63) is 0 Å². The van der Waals surface area contributed by atoms with Gasteiger partial charge in [-0.1, -0.05) is 0 Å². The van der Waals surface area contributed by atoms with Gasteiger partial charge in [-0.25, -0.2) is 0 Å². The zero-order chi connectivity index (χ0) is 11.4. The first-order valence-corrected chi connectivity index (χ1v) is 6.32. The average Bonchev–Trinajstić information content (AvgIpc) is 2.66. The van der Waals surface area contributed by atoms with Gasteiger partial charge in [0.05, 0.1) is 32.5 Å². The van der Waals surface area contributed by atoms with Crippen LogP contribution in [-0.4, -0.2) is 56.2 Å². The van der Waals surface area contributed by atoms with Gasteiger partial charge in [0, 0.05) is 13.0 Å². The van der Waals surface area contributed by atoms with Gasteiger partial charge in [-0.05, 0) is 26.8 Å². The summed E-state index contributed by atoms with van der Waals surface area (Å²) in [5.74, 6) is -0.296. The van der Waals surface area contributed by atoms with E-state index in [0.29, 0.717) is 6.10 Å². The summed E-state index contributed by atoms with van der Waals surface area (Å²) in [6.45, 7) is 9.44. The Morgan fingerprint density at radius 2 is 2.06 bits per heavy atom. The first-order valence-electron chi connectivity index (χ1n) is 6.32. The maximum atomic E-state index is 5.73. The summed E-state index contributed by atoms with van der Waals surface area (Å²) in [6, 6.07) is 0. The fraction of sp³-hybridized carbons (Fsp3) is 1.00. The summed E-state index contributed by atoms with van der Waals surface area (Å²) in [6.07, 6.45) is 2.51. The van der Waals surface area contributed by atoms with E-state index in [-0.39, 0.29) is 5.79 Å². The molecule has 4 heteroatoms. The van der Waals surface area contributed by atoms with Crippen LogP contribution in [0.5, 0.6) is 0 Å². The monoisotopic (exact) mass is 229 g/mol. The maximum Gasteiger partial charge on any atom is 0.181 e. The second-order valence-corrected chi connectivity index (χ2v) is 4.91. The number of hydrogen-bond donors (Lipinski definition) is 0. The van der Waals surface area contributed by atoms with E-state index in [1.165, 1.54) is 0 Å². The Bertz CT molecular complexity index is 214. The summed E-state index contributed by atoms with van der Waals surface area (Å²) < 4.78 is 17.0. The highest BCUT2D eigenvalue weighted by molar-refractivity contribution is 4.83. The fourth-order valence-corrected chi connectivity index (χ4v) is 2.41. The van der Waals surface area contributed by atoms with E-state index in [1.54, 1.807) is 0 Å². The minimum absolute atomic E-state index is 0.296. The van der Waals surface area contributed by atoms with Gasteiger partial charge in [-0.2, -0.15) is 0 Å². The predicted octanol–water partition coefficient (Wildman–Crippen LogP) is 1.25. The molecule has 16 heavy (non-hydrogen) atoms. The first kappa shape index (κ1) is 12.3. The Morgan fingerprint density at radius 3 is 2.75 bits per heavy atom. The Hall–Kier alpha value is -0.160. The Morgan fingerprint density at radius 1 is 1.31 bits per heavy atom. The number of rotatable bonds is 4. The molecule has 2 aliphatic rings. The molecule has 0 aromatic heterocycles. The van der Waals surface area contributed by atoms with E-state index in [2.05, 4.69) is 18.7 Å². The molecule has 0 unspecified atom stereocenters.